The fraction of sp³-hybridized carbons (Fsp3) is 0.0833. The van der Waals surface area contributed by atoms with E-state index >= 15 is 0 Å². The number of hydrogen-bond acceptors (Lipinski definition) is 1. The normalized spacial score (nSPS) is 10.1. The molecule has 0 aliphatic carbocycles. The first-order valence-corrected chi connectivity index (χ1v) is 4.53. The summed E-state index contributed by atoms with van der Waals surface area (Å²) in [5.41, 5.74) is 2.61. The minimum absolute atomic E-state index is 0.0219. The van der Waals surface area contributed by atoms with Gasteiger partial charge >= 0.3 is 0 Å². The van der Waals surface area contributed by atoms with Gasteiger partial charge in [0.1, 0.15) is 0 Å². The molecule has 0 spiro atoms. The maximum absolute atomic E-state index is 11.4. The first-order chi connectivity index (χ1) is 6.77. The lowest BCUT2D eigenvalue weighted by molar-refractivity contribution is 1.19. The Morgan fingerprint density at radius 3 is 2.36 bits per heavy atom. The summed E-state index contributed by atoms with van der Waals surface area (Å²) in [5, 5.41) is 0. The SMILES string of the molecule is Cc1ccc(-c2ccccc2)[nH]c1=O. The van der Waals surface area contributed by atoms with Crippen LogP contribution in [0.2, 0.25) is 0 Å². The smallest absolute Gasteiger partial charge is 0.251 e. The fourth-order valence-corrected chi connectivity index (χ4v) is 1.33. The highest BCUT2D eigenvalue weighted by Gasteiger charge is 1.98. The fourth-order valence-electron chi connectivity index (χ4n) is 1.33. The van der Waals surface area contributed by atoms with Crippen molar-refractivity contribution in [2.75, 3.05) is 0 Å². The third-order valence-electron chi connectivity index (χ3n) is 2.19. The van der Waals surface area contributed by atoms with Crippen molar-refractivity contribution in [3.05, 3.63) is 58.4 Å². The van der Waals surface area contributed by atoms with E-state index in [2.05, 4.69) is 4.98 Å². The van der Waals surface area contributed by atoms with Crippen molar-refractivity contribution in [1.29, 1.82) is 0 Å². The maximum atomic E-state index is 11.4. The molecular weight excluding hydrogens is 174 g/mol. The van der Waals surface area contributed by atoms with E-state index in [0.717, 1.165) is 16.8 Å². The van der Waals surface area contributed by atoms with Gasteiger partial charge in [0.2, 0.25) is 0 Å². The quantitative estimate of drug-likeness (QED) is 0.726. The number of rotatable bonds is 1. The second-order valence-corrected chi connectivity index (χ2v) is 3.25. The number of aryl methyl sites for hydroxylation is 1. The van der Waals surface area contributed by atoms with Gasteiger partial charge in [-0.1, -0.05) is 36.4 Å². The molecule has 14 heavy (non-hydrogen) atoms. The van der Waals surface area contributed by atoms with Crippen LogP contribution in [0.4, 0.5) is 0 Å². The van der Waals surface area contributed by atoms with Crippen LogP contribution in [0.15, 0.2) is 47.3 Å². The topological polar surface area (TPSA) is 32.9 Å². The zero-order valence-electron chi connectivity index (χ0n) is 7.95. The standard InChI is InChI=1S/C12H11NO/c1-9-7-8-11(13-12(9)14)10-5-3-2-4-6-10/h2-8H,1H3,(H,13,14). The molecule has 1 aromatic heterocycles. The monoisotopic (exact) mass is 185 g/mol. The van der Waals surface area contributed by atoms with E-state index in [1.165, 1.54) is 0 Å². The number of aromatic amines is 1. The minimum atomic E-state index is -0.0219. The maximum Gasteiger partial charge on any atom is 0.251 e. The van der Waals surface area contributed by atoms with Crippen LogP contribution in [0.3, 0.4) is 0 Å². The number of H-pyrrole nitrogens is 1. The van der Waals surface area contributed by atoms with Crippen molar-refractivity contribution in [3.8, 4) is 11.3 Å². The van der Waals surface area contributed by atoms with Crippen LogP contribution < -0.4 is 5.56 Å². The Bertz CT molecular complexity index is 485. The highest BCUT2D eigenvalue weighted by Crippen LogP contribution is 2.14. The molecule has 70 valence electrons. The molecule has 0 radical (unpaired) electrons. The molecule has 0 saturated heterocycles. The van der Waals surface area contributed by atoms with Gasteiger partial charge in [0.15, 0.2) is 0 Å². The van der Waals surface area contributed by atoms with Gasteiger partial charge in [0.25, 0.3) is 5.56 Å². The van der Waals surface area contributed by atoms with E-state index in [1.807, 2.05) is 42.5 Å². The molecule has 1 N–H and O–H groups in total. The molecule has 2 heteroatoms. The molecule has 2 rings (SSSR count). The number of pyridine rings is 1. The van der Waals surface area contributed by atoms with Gasteiger partial charge in [-0.3, -0.25) is 4.79 Å². The zero-order valence-corrected chi connectivity index (χ0v) is 7.95. The summed E-state index contributed by atoms with van der Waals surface area (Å²) >= 11 is 0. The summed E-state index contributed by atoms with van der Waals surface area (Å²) in [6, 6.07) is 13.6. The van der Waals surface area contributed by atoms with Crippen LogP contribution >= 0.6 is 0 Å². The van der Waals surface area contributed by atoms with Gasteiger partial charge in [0.05, 0.1) is 0 Å². The minimum Gasteiger partial charge on any atom is -0.322 e. The highest BCUT2D eigenvalue weighted by atomic mass is 16.1. The molecule has 0 aliphatic heterocycles. The Morgan fingerprint density at radius 1 is 1.00 bits per heavy atom. The van der Waals surface area contributed by atoms with E-state index in [1.54, 1.807) is 6.92 Å². The van der Waals surface area contributed by atoms with E-state index in [4.69, 9.17) is 0 Å². The Labute approximate surface area is 82.2 Å². The summed E-state index contributed by atoms with van der Waals surface area (Å²) in [4.78, 5) is 14.2. The van der Waals surface area contributed by atoms with Crippen molar-refractivity contribution in [2.24, 2.45) is 0 Å². The largest absolute Gasteiger partial charge is 0.322 e. The summed E-state index contributed by atoms with van der Waals surface area (Å²) in [6.45, 7) is 1.80. The molecule has 1 heterocycles. The molecule has 0 unspecified atom stereocenters. The van der Waals surface area contributed by atoms with Crippen LogP contribution in [0.1, 0.15) is 5.56 Å². The Hall–Kier alpha value is -1.83. The predicted molar refractivity (Wildman–Crippen MR) is 57.2 cm³/mol. The summed E-state index contributed by atoms with van der Waals surface area (Å²) in [6.07, 6.45) is 0. The van der Waals surface area contributed by atoms with Crippen molar-refractivity contribution in [2.45, 2.75) is 6.92 Å². The van der Waals surface area contributed by atoms with Gasteiger partial charge in [-0.25, -0.2) is 0 Å². The van der Waals surface area contributed by atoms with Gasteiger partial charge in [-0.2, -0.15) is 0 Å². The van der Waals surface area contributed by atoms with E-state index in [9.17, 15) is 4.79 Å². The second-order valence-electron chi connectivity index (χ2n) is 3.25. The Morgan fingerprint density at radius 2 is 1.71 bits per heavy atom. The lowest BCUT2D eigenvalue weighted by Gasteiger charge is -2.00. The van der Waals surface area contributed by atoms with E-state index < -0.39 is 0 Å². The number of aromatic nitrogens is 1. The van der Waals surface area contributed by atoms with Crippen LogP contribution in [0.5, 0.6) is 0 Å². The molecular formula is C12H11NO. The highest BCUT2D eigenvalue weighted by molar-refractivity contribution is 5.58. The van der Waals surface area contributed by atoms with Crippen LogP contribution in [-0.2, 0) is 0 Å². The summed E-state index contributed by atoms with van der Waals surface area (Å²) in [7, 11) is 0. The molecule has 2 nitrogen and oxygen atoms in total. The first-order valence-electron chi connectivity index (χ1n) is 4.53. The summed E-state index contributed by atoms with van der Waals surface area (Å²) in [5.74, 6) is 0. The molecule has 0 saturated carbocycles. The molecule has 1 aromatic carbocycles. The third-order valence-corrected chi connectivity index (χ3v) is 2.19. The lowest BCUT2D eigenvalue weighted by Crippen LogP contribution is -2.09. The first kappa shape index (κ1) is 8.75. The molecule has 0 amide bonds. The van der Waals surface area contributed by atoms with Crippen molar-refractivity contribution in [3.63, 3.8) is 0 Å². The number of hydrogen-bond donors (Lipinski definition) is 1. The van der Waals surface area contributed by atoms with Crippen LogP contribution in [0, 0.1) is 6.92 Å². The lowest BCUT2D eigenvalue weighted by atomic mass is 10.1. The van der Waals surface area contributed by atoms with Crippen molar-refractivity contribution in [1.82, 2.24) is 4.98 Å². The predicted octanol–water partition coefficient (Wildman–Crippen LogP) is 2.35. The van der Waals surface area contributed by atoms with E-state index in [0.29, 0.717) is 0 Å². The average Bonchev–Trinajstić information content (AvgIpc) is 2.23. The zero-order chi connectivity index (χ0) is 9.97. The van der Waals surface area contributed by atoms with Crippen molar-refractivity contribution >= 4 is 0 Å². The molecule has 0 aliphatic rings. The third kappa shape index (κ3) is 1.59. The molecule has 0 atom stereocenters. The van der Waals surface area contributed by atoms with Crippen LogP contribution in [0.25, 0.3) is 11.3 Å². The average molecular weight is 185 g/mol. The van der Waals surface area contributed by atoms with Gasteiger partial charge in [0, 0.05) is 11.3 Å². The van der Waals surface area contributed by atoms with Gasteiger partial charge in [-0.05, 0) is 18.6 Å². The second kappa shape index (κ2) is 3.50. The Kier molecular flexibility index (Phi) is 2.19. The number of benzene rings is 1. The molecule has 0 bridgehead atoms. The van der Waals surface area contributed by atoms with Crippen LogP contribution in [-0.4, -0.2) is 4.98 Å². The van der Waals surface area contributed by atoms with Gasteiger partial charge in [-0.15, -0.1) is 0 Å². The summed E-state index contributed by atoms with van der Waals surface area (Å²) < 4.78 is 0. The van der Waals surface area contributed by atoms with Crippen molar-refractivity contribution < 1.29 is 0 Å². The molecule has 0 fully saturated rings. The number of nitrogens with one attached hydrogen (secondary N) is 1. The van der Waals surface area contributed by atoms with E-state index in [-0.39, 0.29) is 5.56 Å². The Balaban J connectivity index is 2.54. The molecule has 2 aromatic rings. The van der Waals surface area contributed by atoms with Gasteiger partial charge < -0.3 is 4.98 Å².